The maximum absolute atomic E-state index is 15.0. The van der Waals surface area contributed by atoms with Crippen LogP contribution in [0.5, 0.6) is 5.75 Å². The second-order valence-electron chi connectivity index (χ2n) is 10.2. The van der Waals surface area contributed by atoms with Crippen LogP contribution in [0.2, 0.25) is 0 Å². The number of morpholine rings is 1. The first kappa shape index (κ1) is 27.7. The van der Waals surface area contributed by atoms with Gasteiger partial charge in [-0.3, -0.25) is 9.58 Å². The van der Waals surface area contributed by atoms with Crippen LogP contribution in [0.1, 0.15) is 23.7 Å². The van der Waals surface area contributed by atoms with Gasteiger partial charge in [0.05, 0.1) is 37.9 Å². The Labute approximate surface area is 242 Å². The number of anilines is 1. The minimum atomic E-state index is -0.687. The van der Waals surface area contributed by atoms with Crippen LogP contribution in [-0.4, -0.2) is 76.0 Å². The minimum Gasteiger partial charge on any atom is -0.494 e. The fourth-order valence-corrected chi connectivity index (χ4v) is 5.15. The predicted molar refractivity (Wildman–Crippen MR) is 156 cm³/mol. The number of nitrogens with one attached hydrogen (secondary N) is 2. The molecular weight excluding hydrogens is 542 g/mol. The van der Waals surface area contributed by atoms with Gasteiger partial charge in [0.15, 0.2) is 5.84 Å². The second kappa shape index (κ2) is 12.2. The van der Waals surface area contributed by atoms with Crippen LogP contribution in [-0.2, 0) is 11.3 Å². The van der Waals surface area contributed by atoms with Crippen molar-refractivity contribution >= 4 is 22.6 Å². The molecule has 0 radical (unpaired) electrons. The van der Waals surface area contributed by atoms with E-state index in [0.29, 0.717) is 43.0 Å². The fourth-order valence-electron chi connectivity index (χ4n) is 5.15. The predicted octanol–water partition coefficient (Wildman–Crippen LogP) is 3.86. The Morgan fingerprint density at radius 3 is 2.69 bits per heavy atom. The highest BCUT2D eigenvalue weighted by Gasteiger charge is 2.25. The Balaban J connectivity index is 1.36. The van der Waals surface area contributed by atoms with E-state index in [4.69, 9.17) is 19.6 Å². The first-order valence-corrected chi connectivity index (χ1v) is 14.0. The summed E-state index contributed by atoms with van der Waals surface area (Å²) in [6.07, 6.45) is 5.26. The van der Waals surface area contributed by atoms with Gasteiger partial charge in [0.25, 0.3) is 0 Å². The summed E-state index contributed by atoms with van der Waals surface area (Å²) in [6.45, 7) is 7.69. The number of nitrogens with zero attached hydrogens (tertiary/aromatic N) is 6. The summed E-state index contributed by atoms with van der Waals surface area (Å²) >= 11 is 0. The lowest BCUT2D eigenvalue weighted by Gasteiger charge is -2.31. The second-order valence-corrected chi connectivity index (χ2v) is 10.2. The molecule has 4 aromatic rings. The van der Waals surface area contributed by atoms with Gasteiger partial charge in [0.1, 0.15) is 41.0 Å². The summed E-state index contributed by atoms with van der Waals surface area (Å²) in [5, 5.41) is 12.5. The van der Waals surface area contributed by atoms with Crippen molar-refractivity contribution in [1.29, 1.82) is 0 Å². The average molecular weight is 575 g/mol. The number of aliphatic imine (C=N–C) groups is 1. The van der Waals surface area contributed by atoms with E-state index < -0.39 is 11.6 Å². The molecule has 12 heteroatoms. The van der Waals surface area contributed by atoms with Gasteiger partial charge in [0, 0.05) is 54.5 Å². The van der Waals surface area contributed by atoms with E-state index in [9.17, 15) is 0 Å². The normalized spacial score (nSPS) is 17.5. The zero-order chi connectivity index (χ0) is 29.1. The van der Waals surface area contributed by atoms with Gasteiger partial charge >= 0.3 is 0 Å². The highest BCUT2D eigenvalue weighted by Crippen LogP contribution is 2.26. The number of rotatable bonds is 9. The molecule has 0 aliphatic carbocycles. The molecule has 42 heavy (non-hydrogen) atoms. The molecule has 0 bridgehead atoms. The molecular formula is C30H32F2N8O2. The molecule has 1 atom stereocenters. The van der Waals surface area contributed by atoms with E-state index in [1.807, 2.05) is 37.3 Å². The third-order valence-electron chi connectivity index (χ3n) is 7.23. The van der Waals surface area contributed by atoms with Crippen molar-refractivity contribution < 1.29 is 18.3 Å². The molecule has 0 spiro atoms. The summed E-state index contributed by atoms with van der Waals surface area (Å²) in [5.74, 6) is 0.600. The number of fused-ring (bicyclic) bond motifs is 1. The van der Waals surface area contributed by atoms with Gasteiger partial charge in [-0.15, -0.1) is 0 Å². The van der Waals surface area contributed by atoms with Gasteiger partial charge in [0.2, 0.25) is 0 Å². The Morgan fingerprint density at radius 1 is 1.14 bits per heavy atom. The molecule has 1 unspecified atom stereocenters. The highest BCUT2D eigenvalue weighted by atomic mass is 19.1. The van der Waals surface area contributed by atoms with Crippen molar-refractivity contribution in [3.05, 3.63) is 89.3 Å². The molecule has 2 aliphatic rings. The molecule has 4 heterocycles. The molecule has 6 rings (SSSR count). The lowest BCUT2D eigenvalue weighted by atomic mass is 10.1. The summed E-state index contributed by atoms with van der Waals surface area (Å²) < 4.78 is 42.4. The summed E-state index contributed by atoms with van der Waals surface area (Å²) in [4.78, 5) is 15.7. The van der Waals surface area contributed by atoms with Gasteiger partial charge in [-0.05, 0) is 26.0 Å². The van der Waals surface area contributed by atoms with Crippen LogP contribution < -0.4 is 15.4 Å². The van der Waals surface area contributed by atoms with Gasteiger partial charge < -0.3 is 20.1 Å². The molecule has 2 aromatic carbocycles. The molecule has 0 amide bonds. The van der Waals surface area contributed by atoms with Gasteiger partial charge in [-0.25, -0.2) is 23.7 Å². The Bertz CT molecular complexity index is 1620. The van der Waals surface area contributed by atoms with Crippen molar-refractivity contribution in [2.45, 2.75) is 26.4 Å². The number of ether oxygens (including phenoxy) is 2. The molecule has 218 valence electrons. The molecule has 2 N–H and O–H groups in total. The van der Waals surface area contributed by atoms with Crippen molar-refractivity contribution in [1.82, 2.24) is 30.0 Å². The lowest BCUT2D eigenvalue weighted by Crippen LogP contribution is -2.48. The van der Waals surface area contributed by atoms with Crippen LogP contribution in [0, 0.1) is 18.6 Å². The van der Waals surface area contributed by atoms with E-state index in [-0.39, 0.29) is 23.9 Å². The smallest absolute Gasteiger partial charge is 0.157 e. The maximum Gasteiger partial charge on any atom is 0.157 e. The number of amidine groups is 1. The third-order valence-corrected chi connectivity index (χ3v) is 7.23. The standard InChI is InChI=1S/C30H32F2N8O2/c1-3-42-21-13-24(31)23(25(32)14-21)17-40-26-7-5-4-6-22(26)28(38-40)30-35-20(16-39-8-10-41-11-9-39)12-27(37-30)36-29-19(2)15-33-18-34-29/h4-7,12-15,18,20H,3,8-11,16-17H2,1-2H3,(H,35,37)(H,33,34,36). The number of aryl methyl sites for hydroxylation is 1. The third kappa shape index (κ3) is 5.95. The minimum absolute atomic E-state index is 0.0924. The van der Waals surface area contributed by atoms with Crippen LogP contribution in [0.15, 0.2) is 65.8 Å². The van der Waals surface area contributed by atoms with Gasteiger partial charge in [-0.1, -0.05) is 18.2 Å². The van der Waals surface area contributed by atoms with Crippen molar-refractivity contribution in [3.63, 3.8) is 0 Å². The summed E-state index contributed by atoms with van der Waals surface area (Å²) in [7, 11) is 0. The highest BCUT2D eigenvalue weighted by molar-refractivity contribution is 6.08. The SMILES string of the molecule is CCOc1cc(F)c(Cn2nc(C3=NC(Nc4ncncc4C)=CC(CN4CCOCC4)N3)c3ccccc32)c(F)c1. The molecule has 1 fully saturated rings. The number of hydrogen-bond donors (Lipinski definition) is 2. The Morgan fingerprint density at radius 2 is 1.93 bits per heavy atom. The average Bonchev–Trinajstić information content (AvgIpc) is 3.35. The summed E-state index contributed by atoms with van der Waals surface area (Å²) in [6, 6.07) is 9.90. The molecule has 1 saturated heterocycles. The van der Waals surface area contributed by atoms with Crippen molar-refractivity contribution in [2.24, 2.45) is 4.99 Å². The van der Waals surface area contributed by atoms with Crippen molar-refractivity contribution in [2.75, 3.05) is 44.8 Å². The number of hydrogen-bond acceptors (Lipinski definition) is 9. The first-order valence-electron chi connectivity index (χ1n) is 14.0. The largest absolute Gasteiger partial charge is 0.494 e. The van der Waals surface area contributed by atoms with Crippen molar-refractivity contribution in [3.8, 4) is 5.75 Å². The number of benzene rings is 2. The van der Waals surface area contributed by atoms with Gasteiger partial charge in [-0.2, -0.15) is 5.10 Å². The van der Waals surface area contributed by atoms with Crippen LogP contribution >= 0.6 is 0 Å². The summed E-state index contributed by atoms with van der Waals surface area (Å²) in [5.41, 5.74) is 2.09. The number of aromatic nitrogens is 4. The topological polar surface area (TPSA) is 102 Å². The fraction of sp³-hybridized carbons (Fsp3) is 0.333. The first-order chi connectivity index (χ1) is 20.5. The number of halogens is 2. The zero-order valence-corrected chi connectivity index (χ0v) is 23.5. The monoisotopic (exact) mass is 574 g/mol. The molecule has 10 nitrogen and oxygen atoms in total. The van der Waals surface area contributed by atoms with Crippen LogP contribution in [0.25, 0.3) is 10.9 Å². The van der Waals surface area contributed by atoms with Crippen LogP contribution in [0.4, 0.5) is 14.6 Å². The molecule has 0 saturated carbocycles. The van der Waals surface area contributed by atoms with E-state index >= 15 is 8.78 Å². The maximum atomic E-state index is 15.0. The lowest BCUT2D eigenvalue weighted by molar-refractivity contribution is 0.0362. The van der Waals surface area contributed by atoms with Crippen LogP contribution in [0.3, 0.4) is 0 Å². The van der Waals surface area contributed by atoms with E-state index in [2.05, 4.69) is 25.5 Å². The Kier molecular flexibility index (Phi) is 8.06. The number of para-hydroxylation sites is 1. The molecule has 2 aliphatic heterocycles. The van der Waals surface area contributed by atoms with E-state index in [0.717, 1.165) is 36.1 Å². The van der Waals surface area contributed by atoms with E-state index in [1.54, 1.807) is 17.8 Å². The molecule has 2 aromatic heterocycles. The zero-order valence-electron chi connectivity index (χ0n) is 23.5. The Hall–Kier alpha value is -4.42. The quantitative estimate of drug-likeness (QED) is 0.311. The van der Waals surface area contributed by atoms with E-state index in [1.165, 1.54) is 18.5 Å².